The molecule has 0 bridgehead atoms. The number of nitrogen functional groups attached to an aromatic ring is 1. The van der Waals surface area contributed by atoms with Gasteiger partial charge in [0.1, 0.15) is 29.2 Å². The van der Waals surface area contributed by atoms with Crippen LogP contribution in [0.1, 0.15) is 58.6 Å². The third kappa shape index (κ3) is 4.04. The Balaban J connectivity index is 1.55. The number of amides is 1. The maximum atomic E-state index is 15.5. The third-order valence-electron chi connectivity index (χ3n) is 6.46. The second-order valence-electron chi connectivity index (χ2n) is 9.71. The summed E-state index contributed by atoms with van der Waals surface area (Å²) in [4.78, 5) is 22.5. The van der Waals surface area contributed by atoms with E-state index in [4.69, 9.17) is 10.5 Å². The van der Waals surface area contributed by atoms with E-state index in [1.54, 1.807) is 4.90 Å². The van der Waals surface area contributed by atoms with Crippen LogP contribution in [0.25, 0.3) is 16.6 Å². The quantitative estimate of drug-likeness (QED) is 0.590. The summed E-state index contributed by atoms with van der Waals surface area (Å²) >= 11 is 3.61. The number of ether oxygens (including phenoxy) is 1. The van der Waals surface area contributed by atoms with Crippen molar-refractivity contribution in [3.05, 3.63) is 22.3 Å². The fourth-order valence-corrected chi connectivity index (χ4v) is 5.66. The van der Waals surface area contributed by atoms with Gasteiger partial charge in [-0.15, -0.1) is 0 Å². The molecule has 31 heavy (non-hydrogen) atoms. The lowest BCUT2D eigenvalue weighted by molar-refractivity contribution is 0.00785. The first kappa shape index (κ1) is 22.0. The van der Waals surface area contributed by atoms with Crippen LogP contribution in [0.3, 0.4) is 0 Å². The van der Waals surface area contributed by atoms with Crippen LogP contribution >= 0.6 is 15.9 Å². The molecule has 0 radical (unpaired) electrons. The van der Waals surface area contributed by atoms with Gasteiger partial charge in [0.2, 0.25) is 0 Å². The Labute approximate surface area is 190 Å². The molecule has 0 aromatic carbocycles. The Morgan fingerprint density at radius 1 is 1.26 bits per heavy atom. The molecular formula is C22H29BrFN5O2. The van der Waals surface area contributed by atoms with Crippen molar-refractivity contribution in [3.63, 3.8) is 0 Å². The second kappa shape index (κ2) is 7.76. The lowest BCUT2D eigenvalue weighted by atomic mass is 9.68. The number of nitrogens with zero attached hydrogens (tertiary/aromatic N) is 4. The molecule has 2 aromatic rings. The number of halogens is 2. The summed E-state index contributed by atoms with van der Waals surface area (Å²) in [6.45, 7) is 6.79. The number of carbonyl (C=O) groups is 1. The maximum Gasteiger partial charge on any atom is 0.410 e. The number of fused-ring (bicyclic) bond motifs is 1. The minimum atomic E-state index is -0.513. The highest BCUT2D eigenvalue weighted by Gasteiger charge is 2.41. The molecule has 1 fully saturated rings. The van der Waals surface area contributed by atoms with E-state index in [0.29, 0.717) is 48.4 Å². The number of allylic oxidation sites excluding steroid dienone is 2. The molecule has 3 heterocycles. The molecule has 2 N–H and O–H groups in total. The fourth-order valence-electron chi connectivity index (χ4n) is 4.77. The van der Waals surface area contributed by atoms with Crippen molar-refractivity contribution in [3.8, 4) is 0 Å². The topological polar surface area (TPSA) is 86.3 Å². The molecule has 7 nitrogen and oxygen atoms in total. The second-order valence-corrected chi connectivity index (χ2v) is 10.5. The lowest BCUT2D eigenvalue weighted by Crippen LogP contribution is -2.45. The van der Waals surface area contributed by atoms with E-state index in [1.165, 1.54) is 6.33 Å². The van der Waals surface area contributed by atoms with Crippen LogP contribution in [0.4, 0.5) is 15.0 Å². The van der Waals surface area contributed by atoms with Gasteiger partial charge in [-0.3, -0.25) is 0 Å². The Kier molecular flexibility index (Phi) is 5.52. The molecular weight excluding hydrogens is 465 g/mol. The summed E-state index contributed by atoms with van der Waals surface area (Å²) < 4.78 is 23.6. The van der Waals surface area contributed by atoms with Gasteiger partial charge in [-0.25, -0.2) is 19.2 Å². The molecule has 0 saturated carbocycles. The van der Waals surface area contributed by atoms with E-state index in [1.807, 2.05) is 32.4 Å². The molecule has 0 atom stereocenters. The number of hydrogen-bond donors (Lipinski definition) is 1. The van der Waals surface area contributed by atoms with Gasteiger partial charge >= 0.3 is 6.09 Å². The summed E-state index contributed by atoms with van der Waals surface area (Å²) in [5.41, 5.74) is 7.58. The van der Waals surface area contributed by atoms with E-state index < -0.39 is 5.60 Å². The van der Waals surface area contributed by atoms with Crippen LogP contribution in [0.15, 0.2) is 16.6 Å². The summed E-state index contributed by atoms with van der Waals surface area (Å²) in [5, 5.41) is 0.714. The van der Waals surface area contributed by atoms with Crippen LogP contribution in [0, 0.1) is 5.41 Å². The third-order valence-corrected chi connectivity index (χ3v) is 7.23. The number of nitrogens with two attached hydrogens (primary N) is 1. The first-order valence-corrected chi connectivity index (χ1v) is 11.4. The van der Waals surface area contributed by atoms with Gasteiger partial charge in [0.05, 0.1) is 15.6 Å². The Bertz CT molecular complexity index is 1060. The molecule has 4 rings (SSSR count). The zero-order valence-electron chi connectivity index (χ0n) is 18.5. The van der Waals surface area contributed by atoms with Gasteiger partial charge in [0.15, 0.2) is 0 Å². The molecule has 2 aliphatic rings. The van der Waals surface area contributed by atoms with Crippen molar-refractivity contribution < 1.29 is 13.9 Å². The maximum absolute atomic E-state index is 15.5. The molecule has 1 spiro atoms. The summed E-state index contributed by atoms with van der Waals surface area (Å²) in [5.74, 6) is 0.289. The minimum absolute atomic E-state index is 0.0879. The van der Waals surface area contributed by atoms with E-state index in [0.717, 1.165) is 29.4 Å². The first-order chi connectivity index (χ1) is 14.5. The van der Waals surface area contributed by atoms with Gasteiger partial charge in [-0.2, -0.15) is 0 Å². The highest BCUT2D eigenvalue weighted by atomic mass is 79.9. The lowest BCUT2D eigenvalue weighted by Gasteiger charge is -2.44. The molecule has 2 aromatic heterocycles. The SMILES string of the molecule is Cn1c(C2=C(F)CC3(CC2)CCN(C(=O)OC(C)(C)C)CC3)c(Br)c2c(N)ncnc21. The fraction of sp³-hybridized carbons (Fsp3) is 0.591. The standard InChI is InChI=1S/C22H29BrFN5O2/c1-21(2,3)31-20(30)29-9-7-22(8-10-29)6-5-13(14(24)11-22)17-16(23)15-18(25)26-12-27-19(15)28(17)4/h12H,5-11H2,1-4H3,(H2,25,26,27). The predicted molar refractivity (Wildman–Crippen MR) is 122 cm³/mol. The molecule has 168 valence electrons. The monoisotopic (exact) mass is 493 g/mol. The van der Waals surface area contributed by atoms with Crippen LogP contribution in [0.2, 0.25) is 0 Å². The average molecular weight is 494 g/mol. The van der Waals surface area contributed by atoms with Gasteiger partial charge in [-0.05, 0) is 67.8 Å². The molecule has 0 unspecified atom stereocenters. The van der Waals surface area contributed by atoms with Crippen LogP contribution in [-0.4, -0.2) is 44.2 Å². The van der Waals surface area contributed by atoms with Crippen molar-refractivity contribution in [1.29, 1.82) is 0 Å². The van der Waals surface area contributed by atoms with Crippen molar-refractivity contribution >= 4 is 44.4 Å². The first-order valence-electron chi connectivity index (χ1n) is 10.6. The van der Waals surface area contributed by atoms with Gasteiger partial charge in [0, 0.05) is 32.1 Å². The Morgan fingerprint density at radius 2 is 1.94 bits per heavy atom. The number of rotatable bonds is 1. The number of carbonyl (C=O) groups excluding carboxylic acids is 1. The molecule has 1 aliphatic carbocycles. The summed E-state index contributed by atoms with van der Waals surface area (Å²) in [7, 11) is 1.87. The smallest absolute Gasteiger partial charge is 0.410 e. The Hall–Kier alpha value is -2.16. The normalized spacial score (nSPS) is 19.4. The highest BCUT2D eigenvalue weighted by molar-refractivity contribution is 9.10. The van der Waals surface area contributed by atoms with Gasteiger partial charge < -0.3 is 19.9 Å². The number of aromatic nitrogens is 3. The zero-order chi connectivity index (χ0) is 22.6. The zero-order valence-corrected chi connectivity index (χ0v) is 20.1. The van der Waals surface area contributed by atoms with Crippen molar-refractivity contribution in [2.45, 2.75) is 58.5 Å². The molecule has 1 amide bonds. The van der Waals surface area contributed by atoms with Crippen LogP contribution in [0.5, 0.6) is 0 Å². The van der Waals surface area contributed by atoms with Crippen molar-refractivity contribution in [2.24, 2.45) is 12.5 Å². The van der Waals surface area contributed by atoms with Crippen molar-refractivity contribution in [1.82, 2.24) is 19.4 Å². The number of aryl methyl sites for hydroxylation is 1. The summed E-state index contributed by atoms with van der Waals surface area (Å²) in [6.07, 6.45) is 4.60. The number of hydrogen-bond acceptors (Lipinski definition) is 5. The summed E-state index contributed by atoms with van der Waals surface area (Å²) in [6, 6.07) is 0. The van der Waals surface area contributed by atoms with E-state index in [9.17, 15) is 4.79 Å². The largest absolute Gasteiger partial charge is 0.444 e. The van der Waals surface area contributed by atoms with Crippen LogP contribution in [-0.2, 0) is 11.8 Å². The van der Waals surface area contributed by atoms with E-state index in [-0.39, 0.29) is 17.3 Å². The van der Waals surface area contributed by atoms with Crippen LogP contribution < -0.4 is 5.73 Å². The van der Waals surface area contributed by atoms with E-state index in [2.05, 4.69) is 25.9 Å². The Morgan fingerprint density at radius 3 is 2.52 bits per heavy atom. The number of piperidine rings is 1. The van der Waals surface area contributed by atoms with E-state index >= 15 is 4.39 Å². The van der Waals surface area contributed by atoms with Gasteiger partial charge in [-0.1, -0.05) is 0 Å². The molecule has 1 saturated heterocycles. The molecule has 9 heteroatoms. The highest BCUT2D eigenvalue weighted by Crippen LogP contribution is 2.51. The number of anilines is 1. The molecule has 1 aliphatic heterocycles. The average Bonchev–Trinajstić information content (AvgIpc) is 2.93. The van der Waals surface area contributed by atoms with Crippen molar-refractivity contribution in [2.75, 3.05) is 18.8 Å². The number of likely N-dealkylation sites (tertiary alicyclic amines) is 1. The predicted octanol–water partition coefficient (Wildman–Crippen LogP) is 5.19. The van der Waals surface area contributed by atoms with Gasteiger partial charge in [0.25, 0.3) is 0 Å². The minimum Gasteiger partial charge on any atom is -0.444 e.